The molecule has 0 saturated carbocycles. The average molecular weight is 627 g/mol. The Morgan fingerprint density at radius 2 is 1.05 bits per heavy atom. The van der Waals surface area contributed by atoms with Gasteiger partial charge in [-0.1, -0.05) is 89.2 Å². The molecule has 0 aliphatic carbocycles. The molecule has 0 unspecified atom stereocenters. The minimum atomic E-state index is -1.74. The van der Waals surface area contributed by atoms with E-state index in [0.29, 0.717) is 36.1 Å². The molecule has 2 aliphatic rings. The summed E-state index contributed by atoms with van der Waals surface area (Å²) in [6.45, 7) is 40.0. The second-order valence-electron chi connectivity index (χ2n) is 16.4. The van der Waals surface area contributed by atoms with Crippen molar-refractivity contribution < 1.29 is 23.1 Å². The lowest BCUT2D eigenvalue weighted by Gasteiger charge is -2.40. The SMILES string of the molecule is C=C[C@@H](C)C[C@H]1O[C@@H]1[C@H](C)[C@@H](CC)O[Si](C)(C)C(C)(C)C.CC[C@@H](O[Si](C)(C)C(C)(C)C)[C@@H](C)[C@H]1O[C@@H]1C[C@H](C)C=O. The van der Waals surface area contributed by atoms with Crippen molar-refractivity contribution in [3.63, 3.8) is 0 Å². The Balaban J connectivity index is 0.000000420. The third-order valence-corrected chi connectivity index (χ3v) is 19.6. The highest BCUT2D eigenvalue weighted by Crippen LogP contribution is 2.43. The summed E-state index contributed by atoms with van der Waals surface area (Å²) in [6, 6.07) is 0. The van der Waals surface area contributed by atoms with Gasteiger partial charge in [0.05, 0.1) is 24.4 Å². The summed E-state index contributed by atoms with van der Waals surface area (Å²) in [4.78, 5) is 10.8. The van der Waals surface area contributed by atoms with E-state index in [-0.39, 0.29) is 34.3 Å². The number of rotatable bonds is 16. The van der Waals surface area contributed by atoms with Crippen LogP contribution in [0.4, 0.5) is 0 Å². The second-order valence-corrected chi connectivity index (χ2v) is 26.0. The fraction of sp³-hybridized carbons (Fsp3) is 0.914. The highest BCUT2D eigenvalue weighted by molar-refractivity contribution is 6.74. The summed E-state index contributed by atoms with van der Waals surface area (Å²) in [5.74, 6) is 1.50. The molecular formula is C35H70O5Si2. The lowest BCUT2D eigenvalue weighted by Crippen LogP contribution is -2.46. The summed E-state index contributed by atoms with van der Waals surface area (Å²) in [6.07, 6.45) is 8.93. The van der Waals surface area contributed by atoms with Gasteiger partial charge in [0, 0.05) is 30.0 Å². The lowest BCUT2D eigenvalue weighted by molar-refractivity contribution is -0.110. The van der Waals surface area contributed by atoms with Crippen molar-refractivity contribution in [2.24, 2.45) is 23.7 Å². The van der Waals surface area contributed by atoms with E-state index in [1.807, 2.05) is 13.0 Å². The van der Waals surface area contributed by atoms with Crippen molar-refractivity contribution in [1.29, 1.82) is 0 Å². The van der Waals surface area contributed by atoms with Gasteiger partial charge in [-0.3, -0.25) is 0 Å². The van der Waals surface area contributed by atoms with E-state index in [9.17, 15) is 4.79 Å². The molecule has 0 spiro atoms. The molecule has 2 aliphatic heterocycles. The van der Waals surface area contributed by atoms with Crippen molar-refractivity contribution in [2.75, 3.05) is 0 Å². The molecule has 0 bridgehead atoms. The predicted octanol–water partition coefficient (Wildman–Crippen LogP) is 9.82. The Morgan fingerprint density at radius 1 is 0.714 bits per heavy atom. The van der Waals surface area contributed by atoms with Crippen molar-refractivity contribution >= 4 is 22.9 Å². The fourth-order valence-electron chi connectivity index (χ4n) is 5.16. The van der Waals surface area contributed by atoms with Crippen LogP contribution in [0.2, 0.25) is 36.3 Å². The molecule has 0 radical (unpaired) electrons. The van der Waals surface area contributed by atoms with Crippen molar-refractivity contribution in [3.05, 3.63) is 12.7 Å². The first kappa shape index (κ1) is 39.7. The normalized spacial score (nSPS) is 27.0. The second kappa shape index (κ2) is 15.8. The van der Waals surface area contributed by atoms with Crippen LogP contribution in [0.5, 0.6) is 0 Å². The number of carbonyl (C=O) groups excluding carboxylic acids is 1. The zero-order chi connectivity index (χ0) is 32.8. The molecule has 0 aromatic heterocycles. The Morgan fingerprint density at radius 3 is 1.31 bits per heavy atom. The van der Waals surface area contributed by atoms with E-state index >= 15 is 0 Å². The number of hydrogen-bond acceptors (Lipinski definition) is 5. The van der Waals surface area contributed by atoms with Crippen LogP contribution in [0.25, 0.3) is 0 Å². The molecule has 0 amide bonds. The maximum Gasteiger partial charge on any atom is 0.192 e. The monoisotopic (exact) mass is 626 g/mol. The van der Waals surface area contributed by atoms with E-state index in [1.54, 1.807) is 0 Å². The van der Waals surface area contributed by atoms with E-state index < -0.39 is 16.6 Å². The van der Waals surface area contributed by atoms with Gasteiger partial charge in [-0.25, -0.2) is 0 Å². The molecule has 2 rings (SSSR count). The molecule has 0 aromatic carbocycles. The van der Waals surface area contributed by atoms with Crippen LogP contribution in [0.1, 0.15) is 109 Å². The quantitative estimate of drug-likeness (QED) is 0.0738. The molecule has 42 heavy (non-hydrogen) atoms. The Bertz CT molecular complexity index is 762. The van der Waals surface area contributed by atoms with Crippen LogP contribution in [0.3, 0.4) is 0 Å². The number of allylic oxidation sites excluding steroid dienone is 1. The topological polar surface area (TPSA) is 60.6 Å². The maximum atomic E-state index is 10.8. The van der Waals surface area contributed by atoms with Crippen molar-refractivity contribution in [1.82, 2.24) is 0 Å². The summed E-state index contributed by atoms with van der Waals surface area (Å²) in [5.41, 5.74) is 0. The first-order chi connectivity index (χ1) is 19.1. The first-order valence-corrected chi connectivity index (χ1v) is 22.6. The zero-order valence-corrected chi connectivity index (χ0v) is 32.5. The van der Waals surface area contributed by atoms with E-state index in [1.165, 1.54) is 0 Å². The molecular weight excluding hydrogens is 557 g/mol. The third kappa shape index (κ3) is 11.6. The van der Waals surface area contributed by atoms with Crippen LogP contribution in [-0.4, -0.2) is 59.5 Å². The third-order valence-electron chi connectivity index (χ3n) is 10.6. The molecule has 0 aromatic rings. The van der Waals surface area contributed by atoms with Crippen molar-refractivity contribution in [2.45, 2.75) is 182 Å². The standard InChI is InChI=1S/C18H36O2Si.C17H34O3Si/c1-10-13(3)12-16-17(19-16)14(4)15(11-2)20-21(8,9)18(5,6)7;1-9-14(20-21(7,8)17(4,5)6)13(3)16-15(19-16)10-12(2)11-18/h10,13-17H,1,11-12H2,2-9H3;11-16H,9-10H2,1-8H3/t13-,14-,15-,16-,17-;12-,13+,14+,15+,16+/m10/s1. The molecule has 5 nitrogen and oxygen atoms in total. The minimum absolute atomic E-state index is 0.0913. The van der Waals surface area contributed by atoms with Gasteiger partial charge in [0.25, 0.3) is 0 Å². The molecule has 2 saturated heterocycles. The van der Waals surface area contributed by atoms with Gasteiger partial charge in [0.1, 0.15) is 6.29 Å². The number of ether oxygens (including phenoxy) is 2. The molecule has 2 heterocycles. The first-order valence-electron chi connectivity index (χ1n) is 16.8. The highest BCUT2D eigenvalue weighted by atomic mass is 28.4. The van der Waals surface area contributed by atoms with Gasteiger partial charge in [-0.05, 0) is 67.9 Å². The van der Waals surface area contributed by atoms with E-state index in [0.717, 1.165) is 32.0 Å². The van der Waals surface area contributed by atoms with Crippen molar-refractivity contribution in [3.8, 4) is 0 Å². The summed E-state index contributed by atoms with van der Waals surface area (Å²) >= 11 is 0. The summed E-state index contributed by atoms with van der Waals surface area (Å²) in [7, 11) is -3.44. The molecule has 248 valence electrons. The summed E-state index contributed by atoms with van der Waals surface area (Å²) in [5, 5.41) is 0.497. The number of carbonyl (C=O) groups is 1. The highest BCUT2D eigenvalue weighted by Gasteiger charge is 2.49. The van der Waals surface area contributed by atoms with Gasteiger partial charge in [0.15, 0.2) is 16.6 Å². The molecule has 0 N–H and O–H groups in total. The number of hydrogen-bond donors (Lipinski definition) is 0. The van der Waals surface area contributed by atoms with Crippen LogP contribution < -0.4 is 0 Å². The number of epoxide rings is 2. The Kier molecular flexibility index (Phi) is 14.9. The van der Waals surface area contributed by atoms with E-state index in [4.69, 9.17) is 18.3 Å². The van der Waals surface area contributed by atoms with Gasteiger partial charge in [-0.15, -0.1) is 6.58 Å². The zero-order valence-electron chi connectivity index (χ0n) is 30.5. The van der Waals surface area contributed by atoms with Gasteiger partial charge < -0.3 is 23.1 Å². The fourth-order valence-corrected chi connectivity index (χ4v) is 8.14. The van der Waals surface area contributed by atoms with Gasteiger partial charge >= 0.3 is 0 Å². The van der Waals surface area contributed by atoms with Crippen LogP contribution in [-0.2, 0) is 23.1 Å². The Hall–Kier alpha value is -0.316. The average Bonchev–Trinajstić information content (AvgIpc) is 3.80. The molecule has 2 fully saturated rings. The summed E-state index contributed by atoms with van der Waals surface area (Å²) < 4.78 is 24.9. The van der Waals surface area contributed by atoms with Gasteiger partial charge in [-0.2, -0.15) is 0 Å². The number of aldehydes is 1. The largest absolute Gasteiger partial charge is 0.414 e. The maximum absolute atomic E-state index is 10.8. The smallest absolute Gasteiger partial charge is 0.192 e. The lowest BCUT2D eigenvalue weighted by atomic mass is 9.94. The van der Waals surface area contributed by atoms with E-state index in [2.05, 4.69) is 109 Å². The Labute approximate surface area is 263 Å². The molecule has 10 atom stereocenters. The minimum Gasteiger partial charge on any atom is -0.414 e. The van der Waals surface area contributed by atoms with Crippen LogP contribution in [0.15, 0.2) is 12.7 Å². The predicted molar refractivity (Wildman–Crippen MR) is 184 cm³/mol. The van der Waals surface area contributed by atoms with Gasteiger partial charge in [0.2, 0.25) is 0 Å². The van der Waals surface area contributed by atoms with Crippen LogP contribution in [0, 0.1) is 23.7 Å². The van der Waals surface area contributed by atoms with Crippen LogP contribution >= 0.6 is 0 Å². The molecule has 7 heteroatoms.